The summed E-state index contributed by atoms with van der Waals surface area (Å²) in [6.07, 6.45) is 0. The van der Waals surface area contributed by atoms with Gasteiger partial charge in [0, 0.05) is 35.1 Å². The second-order valence-corrected chi connectivity index (χ2v) is 5.08. The van der Waals surface area contributed by atoms with E-state index in [4.69, 9.17) is 16.7 Å². The summed E-state index contributed by atoms with van der Waals surface area (Å²) in [5, 5.41) is 25.5. The molecule has 0 aliphatic heterocycles. The highest BCUT2D eigenvalue weighted by Crippen LogP contribution is 2.23. The lowest BCUT2D eigenvalue weighted by Gasteiger charge is -2.10. The van der Waals surface area contributed by atoms with Crippen LogP contribution in [0.2, 0.25) is 5.02 Å². The quantitative estimate of drug-likeness (QED) is 0.556. The number of amides is 1. The molecule has 0 radical (unpaired) electrons. The van der Waals surface area contributed by atoms with Crippen molar-refractivity contribution < 1.29 is 14.8 Å². The van der Waals surface area contributed by atoms with Crippen LogP contribution in [-0.4, -0.2) is 22.5 Å². The van der Waals surface area contributed by atoms with Gasteiger partial charge in [-0.05, 0) is 29.8 Å². The third-order valence-corrected chi connectivity index (χ3v) is 3.38. The van der Waals surface area contributed by atoms with Gasteiger partial charge in [0.05, 0.1) is 4.92 Å². The van der Waals surface area contributed by atoms with Gasteiger partial charge < -0.3 is 15.7 Å². The fourth-order valence-corrected chi connectivity index (χ4v) is 2.10. The first-order valence-electron chi connectivity index (χ1n) is 6.67. The normalized spacial score (nSPS) is 10.2. The fourth-order valence-electron chi connectivity index (χ4n) is 1.91. The number of halogens is 1. The van der Waals surface area contributed by atoms with Crippen molar-refractivity contribution in [1.82, 2.24) is 0 Å². The van der Waals surface area contributed by atoms with E-state index in [2.05, 4.69) is 10.6 Å². The van der Waals surface area contributed by atoms with E-state index in [-0.39, 0.29) is 12.2 Å². The van der Waals surface area contributed by atoms with Gasteiger partial charge in [-0.1, -0.05) is 17.7 Å². The number of anilines is 2. The Hall–Kier alpha value is -2.64. The van der Waals surface area contributed by atoms with Crippen molar-refractivity contribution in [2.45, 2.75) is 6.54 Å². The average molecular weight is 336 g/mol. The molecule has 0 saturated carbocycles. The number of aliphatic hydroxyl groups excluding tert-OH is 1. The van der Waals surface area contributed by atoms with Crippen LogP contribution in [0.25, 0.3) is 0 Å². The topological polar surface area (TPSA) is 104 Å². The minimum Gasteiger partial charge on any atom is -0.387 e. The Labute approximate surface area is 137 Å². The molecule has 23 heavy (non-hydrogen) atoms. The fraction of sp³-hybridized carbons (Fsp3) is 0.133. The summed E-state index contributed by atoms with van der Waals surface area (Å²) < 4.78 is 0. The van der Waals surface area contributed by atoms with E-state index in [1.54, 1.807) is 24.3 Å². The number of nitro groups is 1. The molecule has 3 N–H and O–H groups in total. The predicted molar refractivity (Wildman–Crippen MR) is 87.6 cm³/mol. The van der Waals surface area contributed by atoms with Crippen molar-refractivity contribution in [3.63, 3.8) is 0 Å². The van der Waals surface area contributed by atoms with E-state index < -0.39 is 17.4 Å². The van der Waals surface area contributed by atoms with Crippen LogP contribution >= 0.6 is 11.6 Å². The number of nitrogens with one attached hydrogen (secondary N) is 2. The Bertz CT molecular complexity index is 736. The van der Waals surface area contributed by atoms with Crippen LogP contribution in [0, 0.1) is 10.1 Å². The van der Waals surface area contributed by atoms with Crippen molar-refractivity contribution in [2.24, 2.45) is 0 Å². The third-order valence-electron chi connectivity index (χ3n) is 3.01. The lowest BCUT2D eigenvalue weighted by Crippen LogP contribution is -2.15. The minimum absolute atomic E-state index is 0.0323. The van der Waals surface area contributed by atoms with Crippen LogP contribution in [-0.2, 0) is 11.3 Å². The van der Waals surface area contributed by atoms with Gasteiger partial charge in [-0.15, -0.1) is 0 Å². The number of nitro benzene ring substituents is 1. The monoisotopic (exact) mass is 335 g/mol. The maximum absolute atomic E-state index is 11.2. The molecule has 0 unspecified atom stereocenters. The van der Waals surface area contributed by atoms with Crippen LogP contribution < -0.4 is 10.6 Å². The highest BCUT2D eigenvalue weighted by molar-refractivity contribution is 6.31. The summed E-state index contributed by atoms with van der Waals surface area (Å²) in [4.78, 5) is 21.5. The number of rotatable bonds is 6. The molecule has 0 aliphatic carbocycles. The zero-order valence-electron chi connectivity index (χ0n) is 12.0. The smallest absolute Gasteiger partial charge is 0.269 e. The second kappa shape index (κ2) is 7.57. The number of nitrogens with zero attached hydrogens (tertiary/aromatic N) is 1. The van der Waals surface area contributed by atoms with Gasteiger partial charge in [0.15, 0.2) is 0 Å². The van der Waals surface area contributed by atoms with E-state index in [0.717, 1.165) is 0 Å². The number of carbonyl (C=O) groups excluding carboxylic acids is 1. The highest BCUT2D eigenvalue weighted by atomic mass is 35.5. The molecule has 0 aliphatic rings. The van der Waals surface area contributed by atoms with Gasteiger partial charge in [-0.3, -0.25) is 14.9 Å². The molecular formula is C15H14ClN3O4. The molecule has 2 aromatic rings. The minimum atomic E-state index is -0.596. The molecule has 0 aromatic heterocycles. The van der Waals surface area contributed by atoms with Crippen molar-refractivity contribution in [1.29, 1.82) is 0 Å². The van der Waals surface area contributed by atoms with Crippen LogP contribution in [0.3, 0.4) is 0 Å². The third kappa shape index (κ3) is 4.67. The maximum Gasteiger partial charge on any atom is 0.269 e. The summed E-state index contributed by atoms with van der Waals surface area (Å²) >= 11 is 6.04. The zero-order chi connectivity index (χ0) is 16.8. The average Bonchev–Trinajstić information content (AvgIpc) is 2.54. The van der Waals surface area contributed by atoms with Crippen LogP contribution in [0.4, 0.5) is 17.1 Å². The molecule has 0 bridgehead atoms. The highest BCUT2D eigenvalue weighted by Gasteiger charge is 2.09. The Morgan fingerprint density at radius 1 is 1.22 bits per heavy atom. The molecule has 0 heterocycles. The Kier molecular flexibility index (Phi) is 5.51. The predicted octanol–water partition coefficient (Wildman–Crippen LogP) is 2.79. The number of carbonyl (C=O) groups is 1. The zero-order valence-corrected chi connectivity index (χ0v) is 12.7. The molecule has 8 heteroatoms. The lowest BCUT2D eigenvalue weighted by atomic mass is 10.2. The molecular weight excluding hydrogens is 322 g/mol. The van der Waals surface area contributed by atoms with E-state index in [1.165, 1.54) is 18.2 Å². The summed E-state index contributed by atoms with van der Waals surface area (Å²) in [5.74, 6) is -0.510. The molecule has 0 fully saturated rings. The molecule has 0 saturated heterocycles. The Morgan fingerprint density at radius 3 is 2.65 bits per heavy atom. The number of aliphatic hydroxyl groups is 1. The summed E-state index contributed by atoms with van der Waals surface area (Å²) in [6, 6.07) is 11.1. The van der Waals surface area contributed by atoms with Crippen molar-refractivity contribution in [3.05, 3.63) is 63.2 Å². The van der Waals surface area contributed by atoms with Crippen LogP contribution in [0.15, 0.2) is 42.5 Å². The summed E-state index contributed by atoms with van der Waals surface area (Å²) in [6.45, 7) is -0.307. The number of hydrogen-bond donors (Lipinski definition) is 3. The first kappa shape index (κ1) is 16.7. The summed E-state index contributed by atoms with van der Waals surface area (Å²) in [7, 11) is 0. The largest absolute Gasteiger partial charge is 0.387 e. The molecule has 0 atom stereocenters. The molecule has 0 spiro atoms. The number of benzene rings is 2. The molecule has 1 amide bonds. The van der Waals surface area contributed by atoms with E-state index in [0.29, 0.717) is 22.0 Å². The molecule has 120 valence electrons. The number of hydrogen-bond acceptors (Lipinski definition) is 5. The van der Waals surface area contributed by atoms with Gasteiger partial charge in [0.2, 0.25) is 5.91 Å². The first-order chi connectivity index (χ1) is 11.0. The van der Waals surface area contributed by atoms with E-state index >= 15 is 0 Å². The first-order valence-corrected chi connectivity index (χ1v) is 7.05. The Morgan fingerprint density at radius 2 is 1.96 bits per heavy atom. The Balaban J connectivity index is 2.09. The van der Waals surface area contributed by atoms with Crippen LogP contribution in [0.5, 0.6) is 0 Å². The van der Waals surface area contributed by atoms with Gasteiger partial charge >= 0.3 is 0 Å². The lowest BCUT2D eigenvalue weighted by molar-refractivity contribution is -0.384. The maximum atomic E-state index is 11.2. The van der Waals surface area contributed by atoms with Gasteiger partial charge in [-0.2, -0.15) is 0 Å². The van der Waals surface area contributed by atoms with Gasteiger partial charge in [0.25, 0.3) is 5.69 Å². The molecule has 2 aromatic carbocycles. The van der Waals surface area contributed by atoms with E-state index in [9.17, 15) is 14.9 Å². The molecule has 7 nitrogen and oxygen atoms in total. The van der Waals surface area contributed by atoms with Crippen molar-refractivity contribution >= 4 is 34.6 Å². The van der Waals surface area contributed by atoms with E-state index in [1.807, 2.05) is 0 Å². The standard InChI is InChI=1S/C15H14ClN3O4/c16-14-5-4-13(19(22)23)6-10(14)8-17-11-2-1-3-12(7-11)18-15(21)9-20/h1-7,17,20H,8-9H2,(H,18,21). The SMILES string of the molecule is O=C(CO)Nc1cccc(NCc2cc([N+](=O)[O-])ccc2Cl)c1. The number of non-ortho nitro benzene ring substituents is 1. The molecule has 2 rings (SSSR count). The van der Waals surface area contributed by atoms with Gasteiger partial charge in [-0.25, -0.2) is 0 Å². The second-order valence-electron chi connectivity index (χ2n) is 4.67. The van der Waals surface area contributed by atoms with Crippen molar-refractivity contribution in [3.8, 4) is 0 Å². The summed E-state index contributed by atoms with van der Waals surface area (Å²) in [5.41, 5.74) is 1.78. The van der Waals surface area contributed by atoms with Crippen molar-refractivity contribution in [2.75, 3.05) is 17.2 Å². The van der Waals surface area contributed by atoms with Gasteiger partial charge in [0.1, 0.15) is 6.61 Å². The van der Waals surface area contributed by atoms with Crippen LogP contribution in [0.1, 0.15) is 5.56 Å².